The molecule has 1 fully saturated rings. The molecule has 0 saturated heterocycles. The zero-order valence-electron chi connectivity index (χ0n) is 9.20. The van der Waals surface area contributed by atoms with E-state index in [1.165, 1.54) is 5.56 Å². The van der Waals surface area contributed by atoms with Gasteiger partial charge < -0.3 is 5.73 Å². The maximum atomic E-state index is 6.08. The van der Waals surface area contributed by atoms with E-state index >= 15 is 0 Å². The summed E-state index contributed by atoms with van der Waals surface area (Å²) in [6, 6.07) is 11.0. The van der Waals surface area contributed by atoms with Crippen molar-refractivity contribution in [3.8, 4) is 0 Å². The minimum absolute atomic E-state index is 0.329. The maximum absolute atomic E-state index is 6.08. The third-order valence-corrected chi connectivity index (χ3v) is 3.86. The van der Waals surface area contributed by atoms with Crippen molar-refractivity contribution in [1.82, 2.24) is 0 Å². The van der Waals surface area contributed by atoms with Crippen LogP contribution < -0.4 is 5.73 Å². The number of nitrogens with two attached hydrogens (primary N) is 1. The largest absolute Gasteiger partial charge is 0.327 e. The zero-order valence-corrected chi connectivity index (χ0v) is 9.20. The van der Waals surface area contributed by atoms with Gasteiger partial charge in [0.1, 0.15) is 0 Å². The Morgan fingerprint density at radius 1 is 1.21 bits per heavy atom. The van der Waals surface area contributed by atoms with E-state index in [2.05, 4.69) is 51.1 Å². The Labute approximate surface area is 86.3 Å². The van der Waals surface area contributed by atoms with Crippen molar-refractivity contribution in [3.63, 3.8) is 0 Å². The predicted molar refractivity (Wildman–Crippen MR) is 60.1 cm³/mol. The molecule has 1 aromatic carbocycles. The molecule has 76 valence electrons. The molecule has 1 aromatic rings. The van der Waals surface area contributed by atoms with Gasteiger partial charge in [0, 0.05) is 6.04 Å². The van der Waals surface area contributed by atoms with Crippen LogP contribution in [0.3, 0.4) is 0 Å². The fraction of sp³-hybridized carbons (Fsp3) is 0.538. The fourth-order valence-corrected chi connectivity index (χ4v) is 2.64. The lowest BCUT2D eigenvalue weighted by atomic mass is 9.92. The summed E-state index contributed by atoms with van der Waals surface area (Å²) in [7, 11) is 0. The van der Waals surface area contributed by atoms with Gasteiger partial charge in [0.15, 0.2) is 0 Å². The molecule has 14 heavy (non-hydrogen) atoms. The number of hydrogen-bond acceptors (Lipinski definition) is 1. The van der Waals surface area contributed by atoms with Crippen LogP contribution in [-0.2, 0) is 0 Å². The number of rotatable bonds is 2. The van der Waals surface area contributed by atoms with Crippen LogP contribution in [0.4, 0.5) is 0 Å². The molecule has 0 amide bonds. The van der Waals surface area contributed by atoms with Crippen LogP contribution in [0.25, 0.3) is 0 Å². The lowest BCUT2D eigenvalue weighted by Gasteiger charge is -2.12. The van der Waals surface area contributed by atoms with Gasteiger partial charge in [0.05, 0.1) is 0 Å². The lowest BCUT2D eigenvalue weighted by Crippen LogP contribution is -2.08. The standard InChI is InChI=1S/C13H19N/c1-9(10-7-5-4-6-8-10)11-12(14)13(11,2)3/h4-9,11-12H,14H2,1-3H3/t9?,11-,12-/m1/s1. The van der Waals surface area contributed by atoms with Gasteiger partial charge >= 0.3 is 0 Å². The average molecular weight is 189 g/mol. The zero-order chi connectivity index (χ0) is 10.3. The lowest BCUT2D eigenvalue weighted by molar-refractivity contribution is 0.503. The Morgan fingerprint density at radius 2 is 1.71 bits per heavy atom. The Kier molecular flexibility index (Phi) is 2.15. The van der Waals surface area contributed by atoms with Gasteiger partial charge in [-0.1, -0.05) is 51.1 Å². The van der Waals surface area contributed by atoms with Crippen molar-refractivity contribution in [1.29, 1.82) is 0 Å². The predicted octanol–water partition coefficient (Wildman–Crippen LogP) is 2.77. The second-order valence-corrected chi connectivity index (χ2v) is 5.07. The topological polar surface area (TPSA) is 26.0 Å². The summed E-state index contributed by atoms with van der Waals surface area (Å²) < 4.78 is 0. The van der Waals surface area contributed by atoms with E-state index in [4.69, 9.17) is 5.73 Å². The first-order valence-corrected chi connectivity index (χ1v) is 5.35. The van der Waals surface area contributed by atoms with Gasteiger partial charge in [0.2, 0.25) is 0 Å². The van der Waals surface area contributed by atoms with Crippen molar-refractivity contribution in [2.75, 3.05) is 0 Å². The fourth-order valence-electron chi connectivity index (χ4n) is 2.64. The number of hydrogen-bond donors (Lipinski definition) is 1. The molecule has 0 radical (unpaired) electrons. The van der Waals surface area contributed by atoms with E-state index in [-0.39, 0.29) is 0 Å². The van der Waals surface area contributed by atoms with Crippen LogP contribution in [0.2, 0.25) is 0 Å². The summed E-state index contributed by atoms with van der Waals surface area (Å²) in [6.07, 6.45) is 0. The first-order valence-electron chi connectivity index (χ1n) is 5.35. The van der Waals surface area contributed by atoms with Crippen LogP contribution in [0, 0.1) is 11.3 Å². The Morgan fingerprint density at radius 3 is 2.14 bits per heavy atom. The second-order valence-electron chi connectivity index (χ2n) is 5.07. The first kappa shape index (κ1) is 9.72. The summed E-state index contributed by atoms with van der Waals surface area (Å²) in [5, 5.41) is 0. The van der Waals surface area contributed by atoms with Crippen molar-refractivity contribution in [3.05, 3.63) is 35.9 Å². The summed E-state index contributed by atoms with van der Waals surface area (Å²) >= 11 is 0. The summed E-state index contributed by atoms with van der Waals surface area (Å²) in [6.45, 7) is 6.82. The third-order valence-electron chi connectivity index (χ3n) is 3.86. The molecular weight excluding hydrogens is 170 g/mol. The van der Waals surface area contributed by atoms with E-state index in [1.807, 2.05) is 0 Å². The Bertz CT molecular complexity index is 315. The minimum atomic E-state index is 0.329. The molecule has 1 unspecified atom stereocenters. The van der Waals surface area contributed by atoms with E-state index in [9.17, 15) is 0 Å². The van der Waals surface area contributed by atoms with E-state index in [1.54, 1.807) is 0 Å². The van der Waals surface area contributed by atoms with Crippen LogP contribution in [0.5, 0.6) is 0 Å². The molecule has 2 N–H and O–H groups in total. The SMILES string of the molecule is CC(c1ccccc1)[C@@H]1[C@@H](N)C1(C)C. The van der Waals surface area contributed by atoms with Crippen LogP contribution in [0.15, 0.2) is 30.3 Å². The summed E-state index contributed by atoms with van der Waals surface area (Å²) in [5.74, 6) is 1.23. The Hall–Kier alpha value is -0.820. The van der Waals surface area contributed by atoms with E-state index < -0.39 is 0 Å². The second kappa shape index (κ2) is 3.09. The van der Waals surface area contributed by atoms with Crippen LogP contribution in [-0.4, -0.2) is 6.04 Å². The van der Waals surface area contributed by atoms with Gasteiger partial charge in [-0.3, -0.25) is 0 Å². The molecule has 1 heteroatoms. The molecule has 0 spiro atoms. The molecule has 1 saturated carbocycles. The van der Waals surface area contributed by atoms with E-state index in [0.717, 1.165) is 0 Å². The minimum Gasteiger partial charge on any atom is -0.327 e. The van der Waals surface area contributed by atoms with Gasteiger partial charge in [-0.2, -0.15) is 0 Å². The van der Waals surface area contributed by atoms with Crippen LogP contribution in [0.1, 0.15) is 32.3 Å². The van der Waals surface area contributed by atoms with Gasteiger partial charge in [0.25, 0.3) is 0 Å². The maximum Gasteiger partial charge on any atom is 0.0134 e. The molecule has 0 bridgehead atoms. The molecule has 3 atom stereocenters. The van der Waals surface area contributed by atoms with Gasteiger partial charge in [-0.25, -0.2) is 0 Å². The Balaban J connectivity index is 2.16. The summed E-state index contributed by atoms with van der Waals surface area (Å²) in [5.41, 5.74) is 7.83. The molecule has 2 rings (SSSR count). The third kappa shape index (κ3) is 1.36. The normalized spacial score (nSPS) is 31.1. The highest BCUT2D eigenvalue weighted by Crippen LogP contribution is 2.57. The first-order chi connectivity index (χ1) is 6.55. The number of benzene rings is 1. The average Bonchev–Trinajstić information content (AvgIpc) is 2.67. The van der Waals surface area contributed by atoms with Crippen LogP contribution >= 0.6 is 0 Å². The quantitative estimate of drug-likeness (QED) is 0.760. The molecule has 1 aliphatic rings. The molecule has 1 nitrogen and oxygen atoms in total. The highest BCUT2D eigenvalue weighted by Gasteiger charge is 2.57. The monoisotopic (exact) mass is 189 g/mol. The van der Waals surface area contributed by atoms with Gasteiger partial charge in [-0.05, 0) is 22.8 Å². The summed E-state index contributed by atoms with van der Waals surface area (Å²) in [4.78, 5) is 0. The van der Waals surface area contributed by atoms with Crippen molar-refractivity contribution >= 4 is 0 Å². The van der Waals surface area contributed by atoms with Crippen molar-refractivity contribution in [2.45, 2.75) is 32.7 Å². The molecule has 0 aliphatic heterocycles. The molecule has 0 aromatic heterocycles. The van der Waals surface area contributed by atoms with Crippen molar-refractivity contribution < 1.29 is 0 Å². The molecule has 0 heterocycles. The van der Waals surface area contributed by atoms with E-state index in [0.29, 0.717) is 23.3 Å². The molecular formula is C13H19N. The van der Waals surface area contributed by atoms with Gasteiger partial charge in [-0.15, -0.1) is 0 Å². The highest BCUT2D eigenvalue weighted by molar-refractivity contribution is 5.26. The molecule has 1 aliphatic carbocycles. The highest BCUT2D eigenvalue weighted by atomic mass is 14.8. The van der Waals surface area contributed by atoms with Crippen molar-refractivity contribution in [2.24, 2.45) is 17.1 Å². The smallest absolute Gasteiger partial charge is 0.0134 e.